The van der Waals surface area contributed by atoms with E-state index in [1.807, 2.05) is 12.1 Å². The summed E-state index contributed by atoms with van der Waals surface area (Å²) in [6.45, 7) is 31.5. The summed E-state index contributed by atoms with van der Waals surface area (Å²) in [5, 5.41) is 4.49. The number of rotatable bonds is 12. The Morgan fingerprint density at radius 3 is 0.779 bits per heavy atom. The average Bonchev–Trinajstić information content (AvgIpc) is 2.31. The molecular weight excluding hydrogens is 969 g/mol. The molecule has 10 aromatic rings. The highest BCUT2D eigenvalue weighted by atomic mass is 28.3. The van der Waals surface area contributed by atoms with Gasteiger partial charge in [0.15, 0.2) is 22.8 Å². The van der Waals surface area contributed by atoms with Crippen LogP contribution in [-0.2, 0) is 16.2 Å². The Hall–Kier alpha value is -8.83. The molecule has 0 fully saturated rings. The number of fused-ring (bicyclic) bond motifs is 6. The van der Waals surface area contributed by atoms with Crippen LogP contribution < -0.4 is 9.80 Å². The summed E-state index contributed by atoms with van der Waals surface area (Å²) in [4.78, 5) is 12.8. The summed E-state index contributed by atoms with van der Waals surface area (Å²) >= 11 is 0. The van der Waals surface area contributed by atoms with Gasteiger partial charge in [-0.05, 0) is 126 Å². The zero-order chi connectivity index (χ0) is 53.1. The minimum Gasteiger partial charge on any atom is -0.313 e. The van der Waals surface area contributed by atoms with Crippen LogP contribution in [0.25, 0.3) is 65.0 Å². The van der Waals surface area contributed by atoms with E-state index in [-0.39, 0.29) is 0 Å². The summed E-state index contributed by atoms with van der Waals surface area (Å²) in [5.74, 6) is 0. The molecule has 2 atom stereocenters. The number of anilines is 4. The first kappa shape index (κ1) is 49.1. The maximum absolute atomic E-state index is 8.81. The molecule has 7 heteroatoms. The SMILES string of the molecule is [C-]#[N+]c1cc2cc3c(cc2cc1[N+]#[C-])C1(N(c2ccc(-c4ccccc4)cc2)c2ccc(-c4ccccc4)cc2)OC3(N(c2ccc(-c3ccccc3)cc2)c2ccc(-c3ccccc3)cc2)C([Si](C)(C)C)=C1[Si](C)(C)C. The highest BCUT2D eigenvalue weighted by Gasteiger charge is 2.72. The summed E-state index contributed by atoms with van der Waals surface area (Å²) in [6, 6.07) is 86.8. The summed E-state index contributed by atoms with van der Waals surface area (Å²) in [7, 11) is -5.03. The Labute approximate surface area is 455 Å². The van der Waals surface area contributed by atoms with Crippen LogP contribution in [-0.4, -0.2) is 16.1 Å². The molecule has 2 heterocycles. The van der Waals surface area contributed by atoms with Gasteiger partial charge in [-0.2, -0.15) is 0 Å². The third-order valence-corrected chi connectivity index (χ3v) is 19.8. The first-order valence-corrected chi connectivity index (χ1v) is 33.4. The maximum atomic E-state index is 8.81. The second-order valence-corrected chi connectivity index (χ2v) is 32.3. The van der Waals surface area contributed by atoms with E-state index in [0.717, 1.165) is 89.2 Å². The van der Waals surface area contributed by atoms with Gasteiger partial charge in [0, 0.05) is 33.9 Å². The van der Waals surface area contributed by atoms with Crippen molar-refractivity contribution < 1.29 is 4.74 Å². The number of hydrogen-bond acceptors (Lipinski definition) is 3. The molecule has 0 saturated carbocycles. The van der Waals surface area contributed by atoms with E-state index in [1.54, 1.807) is 0 Å². The van der Waals surface area contributed by atoms with E-state index in [1.165, 1.54) is 10.4 Å². The Balaban J connectivity index is 1.21. The predicted molar refractivity (Wildman–Crippen MR) is 326 cm³/mol. The second kappa shape index (κ2) is 19.1. The van der Waals surface area contributed by atoms with Gasteiger partial charge >= 0.3 is 0 Å². The Kier molecular flexibility index (Phi) is 12.2. The molecule has 0 N–H and O–H groups in total. The molecule has 2 aliphatic rings. The zero-order valence-electron chi connectivity index (χ0n) is 44.3. The third-order valence-electron chi connectivity index (χ3n) is 15.3. The van der Waals surface area contributed by atoms with Gasteiger partial charge < -0.3 is 14.5 Å². The first-order valence-electron chi connectivity index (χ1n) is 26.4. The molecule has 10 aromatic carbocycles. The van der Waals surface area contributed by atoms with E-state index in [0.29, 0.717) is 11.4 Å². The number of benzene rings is 10. The van der Waals surface area contributed by atoms with Gasteiger partial charge in [0.05, 0.1) is 29.3 Å². The minimum atomic E-state index is -2.52. The number of ether oxygens (including phenoxy) is 1. The lowest BCUT2D eigenvalue weighted by atomic mass is 9.83. The van der Waals surface area contributed by atoms with Gasteiger partial charge in [-0.25, -0.2) is 0 Å². The fraction of sp³-hybridized carbons (Fsp3) is 0.114. The second-order valence-electron chi connectivity index (χ2n) is 22.3. The standard InChI is InChI=1S/C70H58N4OSi2/c1-71-65-47-57-45-63-64(46-58(57)48-66(65)72-2)70(74(61-41-33-55(34-42-61)51-25-17-11-18-26-51)62-43-35-56(36-44-62)52-27-19-12-20-28-52)68(77(6,7)8)67(76(3,4)5)69(63,75-70)73(59-37-29-53(30-38-59)49-21-13-9-14-22-49)60-39-31-54(32-40-60)50-23-15-10-16-24-50/h9-48H,3-8H3. The van der Waals surface area contributed by atoms with Gasteiger partial charge in [0.25, 0.3) is 0 Å². The van der Waals surface area contributed by atoms with E-state index in [9.17, 15) is 0 Å². The van der Waals surface area contributed by atoms with E-state index < -0.39 is 27.6 Å². The first-order chi connectivity index (χ1) is 37.3. The van der Waals surface area contributed by atoms with Crippen LogP contribution in [0.5, 0.6) is 0 Å². The van der Waals surface area contributed by atoms with Gasteiger partial charge in [-0.1, -0.05) is 221 Å². The summed E-state index contributed by atoms with van der Waals surface area (Å²) in [5.41, 5.74) is 13.4. The lowest BCUT2D eigenvalue weighted by molar-refractivity contribution is -0.0669. The molecule has 0 amide bonds. The van der Waals surface area contributed by atoms with Crippen molar-refractivity contribution in [3.05, 3.63) is 287 Å². The van der Waals surface area contributed by atoms with Crippen molar-refractivity contribution in [2.24, 2.45) is 0 Å². The van der Waals surface area contributed by atoms with Crippen LogP contribution in [0, 0.1) is 13.1 Å². The normalized spacial score (nSPS) is 16.7. The molecule has 0 spiro atoms. The van der Waals surface area contributed by atoms with Crippen molar-refractivity contribution in [2.45, 2.75) is 50.7 Å². The zero-order valence-corrected chi connectivity index (χ0v) is 46.3. The van der Waals surface area contributed by atoms with Gasteiger partial charge in [0.1, 0.15) is 0 Å². The lowest BCUT2D eigenvalue weighted by Crippen LogP contribution is -2.52. The lowest BCUT2D eigenvalue weighted by Gasteiger charge is -2.48. The third kappa shape index (κ3) is 8.32. The van der Waals surface area contributed by atoms with E-state index in [2.05, 4.69) is 289 Å². The van der Waals surface area contributed by atoms with Crippen LogP contribution in [0.4, 0.5) is 34.1 Å². The van der Waals surface area contributed by atoms with Crippen LogP contribution >= 0.6 is 0 Å². The summed E-state index contributed by atoms with van der Waals surface area (Å²) in [6.07, 6.45) is 0. The highest BCUT2D eigenvalue weighted by Crippen LogP contribution is 2.70. The molecular formula is C70H58N4OSi2. The van der Waals surface area contributed by atoms with Crippen LogP contribution in [0.3, 0.4) is 0 Å². The quantitative estimate of drug-likeness (QED) is 0.0900. The largest absolute Gasteiger partial charge is 0.313 e. The Bertz CT molecular complexity index is 3530. The van der Waals surface area contributed by atoms with Gasteiger partial charge in [0.2, 0.25) is 0 Å². The molecule has 0 saturated heterocycles. The van der Waals surface area contributed by atoms with E-state index >= 15 is 0 Å². The smallest absolute Gasteiger partial charge is 0.195 e. The predicted octanol–water partition coefficient (Wildman–Crippen LogP) is 19.7. The Morgan fingerprint density at radius 1 is 0.325 bits per heavy atom. The molecule has 2 bridgehead atoms. The van der Waals surface area contributed by atoms with Gasteiger partial charge in [-0.15, -0.1) is 0 Å². The van der Waals surface area contributed by atoms with Crippen LogP contribution in [0.2, 0.25) is 39.3 Å². The number of nitrogens with zero attached hydrogens (tertiary/aromatic N) is 4. The molecule has 0 aliphatic carbocycles. The minimum absolute atomic E-state index is 0.340. The maximum Gasteiger partial charge on any atom is 0.195 e. The molecule has 0 radical (unpaired) electrons. The highest BCUT2D eigenvalue weighted by molar-refractivity contribution is 6.90. The van der Waals surface area contributed by atoms with Crippen LogP contribution in [0.1, 0.15) is 11.1 Å². The number of hydrogen-bond donors (Lipinski definition) is 0. The van der Waals surface area contributed by atoms with Crippen molar-refractivity contribution in [1.29, 1.82) is 0 Å². The fourth-order valence-corrected chi connectivity index (χ4v) is 18.9. The van der Waals surface area contributed by atoms with E-state index in [4.69, 9.17) is 17.9 Å². The molecule has 12 rings (SSSR count). The molecule has 2 unspecified atom stereocenters. The van der Waals surface area contributed by atoms with Crippen molar-refractivity contribution in [3.8, 4) is 44.5 Å². The van der Waals surface area contributed by atoms with Crippen molar-refractivity contribution >= 4 is 61.0 Å². The van der Waals surface area contributed by atoms with Crippen molar-refractivity contribution in [2.75, 3.05) is 9.80 Å². The van der Waals surface area contributed by atoms with Crippen molar-refractivity contribution in [1.82, 2.24) is 0 Å². The fourth-order valence-electron chi connectivity index (χ4n) is 12.2. The molecule has 372 valence electrons. The molecule has 77 heavy (non-hydrogen) atoms. The molecule has 5 nitrogen and oxygen atoms in total. The average molecular weight is 1030 g/mol. The van der Waals surface area contributed by atoms with Gasteiger partial charge in [-0.3, -0.25) is 9.69 Å². The Morgan fingerprint density at radius 2 is 0.558 bits per heavy atom. The molecule has 2 aliphatic heterocycles. The topological polar surface area (TPSA) is 24.4 Å². The summed E-state index contributed by atoms with van der Waals surface area (Å²) < 4.78 is 8.81. The molecule has 0 aromatic heterocycles. The van der Waals surface area contributed by atoms with Crippen LogP contribution in [0.15, 0.2) is 253 Å². The monoisotopic (exact) mass is 1030 g/mol. The van der Waals surface area contributed by atoms with Crippen molar-refractivity contribution in [3.63, 3.8) is 0 Å².